The third-order valence-corrected chi connectivity index (χ3v) is 5.08. The van der Waals surface area contributed by atoms with Gasteiger partial charge < -0.3 is 15.7 Å². The molecule has 3 aromatic rings. The molecule has 0 unspecified atom stereocenters. The minimum absolute atomic E-state index is 0.740. The molecule has 0 amide bonds. The van der Waals surface area contributed by atoms with E-state index in [4.69, 9.17) is 5.41 Å². The van der Waals surface area contributed by atoms with Gasteiger partial charge in [-0.3, -0.25) is 0 Å². The molecule has 3 rings (SSSR count). The zero-order chi connectivity index (χ0) is 22.5. The Labute approximate surface area is 183 Å². The summed E-state index contributed by atoms with van der Waals surface area (Å²) in [6, 6.07) is 17.2. The van der Waals surface area contributed by atoms with E-state index in [2.05, 4.69) is 79.3 Å². The van der Waals surface area contributed by atoms with Gasteiger partial charge in [0, 0.05) is 34.4 Å². The van der Waals surface area contributed by atoms with Crippen LogP contribution < -0.4 is 5.73 Å². The maximum Gasteiger partial charge on any atom is 0.0495 e. The average molecular weight is 406 g/mol. The summed E-state index contributed by atoms with van der Waals surface area (Å²) in [5.41, 5.74) is 11.6. The highest BCUT2D eigenvalue weighted by molar-refractivity contribution is 6.11. The highest BCUT2D eigenvalue weighted by atomic mass is 15.0. The number of rotatable bonds is 8. The summed E-state index contributed by atoms with van der Waals surface area (Å²) in [5, 5.41) is 9.91. The second-order valence-corrected chi connectivity index (χ2v) is 6.72. The third-order valence-electron chi connectivity index (χ3n) is 5.08. The first-order chi connectivity index (χ1) is 14.7. The van der Waals surface area contributed by atoms with Gasteiger partial charge >= 0.3 is 0 Å². The Balaban J connectivity index is 0.00000106. The van der Waals surface area contributed by atoms with Gasteiger partial charge in [-0.2, -0.15) is 0 Å². The molecule has 3 N–H and O–H groups in total. The van der Waals surface area contributed by atoms with E-state index in [-0.39, 0.29) is 0 Å². The van der Waals surface area contributed by atoms with Crippen molar-refractivity contribution in [2.75, 3.05) is 7.05 Å². The maximum atomic E-state index is 8.64. The van der Waals surface area contributed by atoms with Crippen LogP contribution in [-0.2, 0) is 19.4 Å². The lowest BCUT2D eigenvalue weighted by Crippen LogP contribution is -2.07. The molecule has 3 heteroatoms. The van der Waals surface area contributed by atoms with Crippen LogP contribution >= 0.6 is 0 Å². The van der Waals surface area contributed by atoms with Gasteiger partial charge in [-0.15, -0.1) is 6.58 Å². The standard InChI is InChI=1S/C24H28N2.C2H6.CH5N/c1-4-7-14-19-15-11-16-22-23(19)24(20(25)5-2)21(6-3)26(22)17-18-12-9-8-10-13-18;2*1-2/h4,8-13,15-16,25H,1,5-7,14,17H2,2-3H3;1-2H3;2H2,1H3. The molecule has 30 heavy (non-hydrogen) atoms. The fraction of sp³-hybridized carbons (Fsp3) is 0.370. The summed E-state index contributed by atoms with van der Waals surface area (Å²) in [6.07, 6.45) is 5.60. The molecule has 0 spiro atoms. The second kappa shape index (κ2) is 13.6. The van der Waals surface area contributed by atoms with E-state index in [1.807, 2.05) is 19.9 Å². The maximum absolute atomic E-state index is 8.64. The van der Waals surface area contributed by atoms with Crippen LogP contribution in [0.2, 0.25) is 0 Å². The number of aromatic nitrogens is 1. The van der Waals surface area contributed by atoms with E-state index >= 15 is 0 Å². The number of nitrogens with two attached hydrogens (primary N) is 1. The number of hydrogen-bond acceptors (Lipinski definition) is 2. The quantitative estimate of drug-likeness (QED) is 0.316. The summed E-state index contributed by atoms with van der Waals surface area (Å²) in [7, 11) is 1.50. The van der Waals surface area contributed by atoms with Crippen LogP contribution in [0, 0.1) is 5.41 Å². The van der Waals surface area contributed by atoms with E-state index in [1.165, 1.54) is 34.8 Å². The Morgan fingerprint density at radius 1 is 1.03 bits per heavy atom. The van der Waals surface area contributed by atoms with E-state index in [1.54, 1.807) is 0 Å². The zero-order valence-electron chi connectivity index (χ0n) is 19.5. The van der Waals surface area contributed by atoms with Crippen LogP contribution in [0.4, 0.5) is 0 Å². The number of benzene rings is 2. The van der Waals surface area contributed by atoms with Crippen LogP contribution in [-0.4, -0.2) is 17.3 Å². The van der Waals surface area contributed by atoms with Crippen molar-refractivity contribution < 1.29 is 0 Å². The lowest BCUT2D eigenvalue weighted by molar-refractivity contribution is 0.774. The lowest BCUT2D eigenvalue weighted by Gasteiger charge is -2.11. The Bertz CT molecular complexity index is 920. The molecule has 0 bridgehead atoms. The van der Waals surface area contributed by atoms with Gasteiger partial charge in [0.25, 0.3) is 0 Å². The highest BCUT2D eigenvalue weighted by Crippen LogP contribution is 2.32. The summed E-state index contributed by atoms with van der Waals surface area (Å²) < 4.78 is 2.42. The van der Waals surface area contributed by atoms with Crippen molar-refractivity contribution in [1.82, 2.24) is 4.57 Å². The largest absolute Gasteiger partial charge is 0.339 e. The predicted molar refractivity (Wildman–Crippen MR) is 134 cm³/mol. The number of allylic oxidation sites excluding steroid dienone is 1. The Morgan fingerprint density at radius 2 is 1.70 bits per heavy atom. The monoisotopic (exact) mass is 405 g/mol. The number of nitrogens with zero attached hydrogens (tertiary/aromatic N) is 1. The van der Waals surface area contributed by atoms with Crippen molar-refractivity contribution in [1.29, 1.82) is 5.41 Å². The molecule has 0 radical (unpaired) electrons. The van der Waals surface area contributed by atoms with Gasteiger partial charge in [0.1, 0.15) is 0 Å². The van der Waals surface area contributed by atoms with Gasteiger partial charge in [-0.25, -0.2) is 0 Å². The fourth-order valence-corrected chi connectivity index (χ4v) is 3.81. The topological polar surface area (TPSA) is 54.8 Å². The first-order valence-corrected chi connectivity index (χ1v) is 11.1. The second-order valence-electron chi connectivity index (χ2n) is 6.72. The molecule has 162 valence electrons. The summed E-state index contributed by atoms with van der Waals surface area (Å²) in [5.74, 6) is 0. The van der Waals surface area contributed by atoms with Crippen LogP contribution in [0.15, 0.2) is 61.2 Å². The summed E-state index contributed by atoms with van der Waals surface area (Å²) in [4.78, 5) is 0. The average Bonchev–Trinajstić information content (AvgIpc) is 3.14. The smallest absolute Gasteiger partial charge is 0.0495 e. The number of aryl methyl sites for hydroxylation is 1. The molecular weight excluding hydrogens is 366 g/mol. The van der Waals surface area contributed by atoms with E-state index in [0.29, 0.717) is 0 Å². The molecular formula is C27H39N3. The molecule has 0 saturated carbocycles. The predicted octanol–water partition coefficient (Wildman–Crippen LogP) is 6.75. The zero-order valence-corrected chi connectivity index (χ0v) is 19.5. The van der Waals surface area contributed by atoms with E-state index in [0.717, 1.165) is 43.5 Å². The number of fused-ring (bicyclic) bond motifs is 1. The van der Waals surface area contributed by atoms with Crippen LogP contribution in [0.5, 0.6) is 0 Å². The van der Waals surface area contributed by atoms with Gasteiger partial charge in [0.2, 0.25) is 0 Å². The van der Waals surface area contributed by atoms with Crippen molar-refractivity contribution in [3.63, 3.8) is 0 Å². The molecule has 3 nitrogen and oxygen atoms in total. The molecule has 2 aromatic carbocycles. The molecule has 0 aliphatic carbocycles. The summed E-state index contributed by atoms with van der Waals surface area (Å²) >= 11 is 0. The minimum atomic E-state index is 0.740. The molecule has 0 atom stereocenters. The molecule has 0 aliphatic heterocycles. The van der Waals surface area contributed by atoms with Crippen molar-refractivity contribution in [2.45, 2.75) is 59.9 Å². The molecule has 1 aromatic heterocycles. The summed E-state index contributed by atoms with van der Waals surface area (Å²) in [6.45, 7) is 13.0. The molecule has 0 fully saturated rings. The molecule has 0 saturated heterocycles. The Hall–Kier alpha value is -2.65. The third kappa shape index (κ3) is 5.70. The molecule has 1 heterocycles. The van der Waals surface area contributed by atoms with E-state index < -0.39 is 0 Å². The number of nitrogens with one attached hydrogen (secondary N) is 1. The van der Waals surface area contributed by atoms with Crippen LogP contribution in [0.3, 0.4) is 0 Å². The fourth-order valence-electron chi connectivity index (χ4n) is 3.81. The van der Waals surface area contributed by atoms with Crippen molar-refractivity contribution >= 4 is 16.6 Å². The Kier molecular flexibility index (Phi) is 11.5. The first-order valence-electron chi connectivity index (χ1n) is 11.1. The van der Waals surface area contributed by atoms with Crippen molar-refractivity contribution in [2.24, 2.45) is 5.73 Å². The van der Waals surface area contributed by atoms with E-state index in [9.17, 15) is 0 Å². The first kappa shape index (κ1) is 25.4. The van der Waals surface area contributed by atoms with Crippen molar-refractivity contribution in [3.05, 3.63) is 83.6 Å². The molecule has 0 aliphatic rings. The lowest BCUT2D eigenvalue weighted by atomic mass is 9.97. The van der Waals surface area contributed by atoms with Crippen LogP contribution in [0.1, 0.15) is 62.9 Å². The number of hydrogen-bond donors (Lipinski definition) is 2. The van der Waals surface area contributed by atoms with Crippen LogP contribution in [0.25, 0.3) is 10.9 Å². The Morgan fingerprint density at radius 3 is 2.27 bits per heavy atom. The van der Waals surface area contributed by atoms with Gasteiger partial charge in [0.15, 0.2) is 0 Å². The normalized spacial score (nSPS) is 9.93. The highest BCUT2D eigenvalue weighted by Gasteiger charge is 2.20. The minimum Gasteiger partial charge on any atom is -0.339 e. The van der Waals surface area contributed by atoms with Gasteiger partial charge in [0.05, 0.1) is 0 Å². The van der Waals surface area contributed by atoms with Gasteiger partial charge in [-0.1, -0.05) is 76.2 Å². The SMILES string of the molecule is C=CCCc1cccc2c1c(C(=N)CC)c(CC)n2Cc1ccccc1.CC.CN. The van der Waals surface area contributed by atoms with Gasteiger partial charge in [-0.05, 0) is 49.9 Å². The van der Waals surface area contributed by atoms with Crippen molar-refractivity contribution in [3.8, 4) is 0 Å².